The van der Waals surface area contributed by atoms with E-state index in [1.165, 1.54) is 53.6 Å². The van der Waals surface area contributed by atoms with Gasteiger partial charge in [-0.3, -0.25) is 9.59 Å². The number of hydrogen-bond acceptors (Lipinski definition) is 10. The Labute approximate surface area is 273 Å². The minimum absolute atomic E-state index is 0.0102. The maximum atomic E-state index is 14.5. The summed E-state index contributed by atoms with van der Waals surface area (Å²) in [5, 5.41) is 2.79. The first-order valence-corrected chi connectivity index (χ1v) is 14.8. The normalized spacial score (nSPS) is 17.7. The lowest BCUT2D eigenvalue weighted by Gasteiger charge is -2.46. The number of hydrogen-bond donors (Lipinski definition) is 1. The fourth-order valence-electron chi connectivity index (χ4n) is 6.51. The molecule has 0 aromatic heterocycles. The number of methoxy groups -OCH3 is 6. The van der Waals surface area contributed by atoms with Gasteiger partial charge in [0.1, 0.15) is 29.8 Å². The van der Waals surface area contributed by atoms with E-state index in [0.29, 0.717) is 67.9 Å². The van der Waals surface area contributed by atoms with Crippen LogP contribution in [0.5, 0.6) is 34.5 Å². The van der Waals surface area contributed by atoms with Gasteiger partial charge in [-0.1, -0.05) is 18.2 Å². The minimum Gasteiger partial charge on any atom is -0.496 e. The van der Waals surface area contributed by atoms with Gasteiger partial charge in [0.05, 0.1) is 54.3 Å². The highest BCUT2D eigenvalue weighted by Gasteiger charge is 2.49. The van der Waals surface area contributed by atoms with E-state index < -0.39 is 29.9 Å². The van der Waals surface area contributed by atoms with Gasteiger partial charge in [-0.15, -0.1) is 0 Å². The van der Waals surface area contributed by atoms with Crippen molar-refractivity contribution >= 4 is 23.9 Å². The molecule has 0 radical (unpaired) electrons. The van der Waals surface area contributed by atoms with Crippen LogP contribution in [0.25, 0.3) is 6.08 Å². The molecule has 248 valence electrons. The molecule has 2 aliphatic rings. The van der Waals surface area contributed by atoms with Crippen molar-refractivity contribution in [1.82, 2.24) is 10.2 Å². The van der Waals surface area contributed by atoms with Crippen LogP contribution in [-0.2, 0) is 20.7 Å². The molecule has 5 rings (SSSR count). The molecule has 3 aromatic rings. The molecule has 47 heavy (non-hydrogen) atoms. The zero-order valence-corrected chi connectivity index (χ0v) is 27.6. The van der Waals surface area contributed by atoms with Gasteiger partial charge in [-0.25, -0.2) is 4.79 Å². The maximum Gasteiger partial charge on any atom is 0.338 e. The molecule has 1 N–H and O–H groups in total. The average molecular weight is 647 g/mol. The van der Waals surface area contributed by atoms with E-state index in [0.717, 1.165) is 0 Å². The number of benzene rings is 3. The number of esters is 1. The van der Waals surface area contributed by atoms with Crippen LogP contribution in [-0.4, -0.2) is 78.0 Å². The smallest absolute Gasteiger partial charge is 0.338 e. The van der Waals surface area contributed by atoms with Crippen LogP contribution in [0.1, 0.15) is 44.2 Å². The van der Waals surface area contributed by atoms with Gasteiger partial charge >= 0.3 is 5.97 Å². The number of amides is 2. The van der Waals surface area contributed by atoms with Crippen molar-refractivity contribution in [2.45, 2.75) is 32.4 Å². The zero-order valence-electron chi connectivity index (χ0n) is 27.6. The molecule has 12 heteroatoms. The summed E-state index contributed by atoms with van der Waals surface area (Å²) >= 11 is 0. The fourth-order valence-corrected chi connectivity index (χ4v) is 6.51. The van der Waals surface area contributed by atoms with Crippen molar-refractivity contribution in [2.24, 2.45) is 0 Å². The first-order valence-electron chi connectivity index (χ1n) is 14.8. The molecular formula is C35H38N2O10. The lowest BCUT2D eigenvalue weighted by molar-refractivity contribution is -0.147. The number of fused-ring (bicyclic) bond motifs is 2. The van der Waals surface area contributed by atoms with Crippen molar-refractivity contribution in [3.63, 3.8) is 0 Å². The number of ether oxygens (including phenoxy) is 7. The predicted molar refractivity (Wildman–Crippen MR) is 172 cm³/mol. The summed E-state index contributed by atoms with van der Waals surface area (Å²) in [5.74, 6) is 1.05. The Morgan fingerprint density at radius 3 is 2.04 bits per heavy atom. The van der Waals surface area contributed by atoms with Crippen LogP contribution in [0.2, 0.25) is 0 Å². The van der Waals surface area contributed by atoms with Gasteiger partial charge in [0.15, 0.2) is 23.0 Å². The second-order valence-electron chi connectivity index (χ2n) is 10.9. The molecule has 0 aliphatic carbocycles. The summed E-state index contributed by atoms with van der Waals surface area (Å²) in [6.45, 7) is 3.34. The zero-order chi connectivity index (χ0) is 34.0. The van der Waals surface area contributed by atoms with Gasteiger partial charge in [0.2, 0.25) is 5.91 Å². The summed E-state index contributed by atoms with van der Waals surface area (Å²) in [4.78, 5) is 42.9. The van der Waals surface area contributed by atoms with Crippen LogP contribution >= 0.6 is 0 Å². The van der Waals surface area contributed by atoms with E-state index in [1.807, 2.05) is 6.92 Å². The predicted octanol–water partition coefficient (Wildman–Crippen LogP) is 4.18. The molecule has 0 saturated carbocycles. The molecule has 2 heterocycles. The van der Waals surface area contributed by atoms with Gasteiger partial charge in [0.25, 0.3) is 5.91 Å². The van der Waals surface area contributed by atoms with Gasteiger partial charge < -0.3 is 43.4 Å². The van der Waals surface area contributed by atoms with Crippen LogP contribution in [0, 0.1) is 13.8 Å². The second kappa shape index (κ2) is 13.5. The third-order valence-electron chi connectivity index (χ3n) is 8.53. The Hall–Kier alpha value is -5.39. The first kappa shape index (κ1) is 33.0. The molecule has 1 fully saturated rings. The van der Waals surface area contributed by atoms with Crippen molar-refractivity contribution < 1.29 is 47.5 Å². The molecule has 0 spiro atoms. The summed E-state index contributed by atoms with van der Waals surface area (Å²) < 4.78 is 40.0. The molecule has 0 bridgehead atoms. The molecule has 2 amide bonds. The van der Waals surface area contributed by atoms with Gasteiger partial charge in [0, 0.05) is 34.2 Å². The summed E-state index contributed by atoms with van der Waals surface area (Å²) in [7, 11) is 9.05. The molecule has 3 aromatic carbocycles. The SMILES string of the molecule is COc1cc(/C=C2/NC(=O)[C@@H]3Cc4c(OC)c(C)c(OC)c(OC)c4[C@@H](COC(=O)c4ccccc4)N3C2=O)c(OC)c(C)c1OC. The molecule has 1 saturated heterocycles. The quantitative estimate of drug-likeness (QED) is 0.253. The highest BCUT2D eigenvalue weighted by molar-refractivity contribution is 6.08. The average Bonchev–Trinajstić information content (AvgIpc) is 3.08. The third-order valence-corrected chi connectivity index (χ3v) is 8.53. The molecule has 2 atom stereocenters. The Kier molecular flexibility index (Phi) is 9.50. The Balaban J connectivity index is 1.68. The minimum atomic E-state index is -0.953. The van der Waals surface area contributed by atoms with Gasteiger partial charge in [-0.05, 0) is 38.1 Å². The van der Waals surface area contributed by atoms with Crippen molar-refractivity contribution in [3.8, 4) is 34.5 Å². The van der Waals surface area contributed by atoms with Crippen molar-refractivity contribution in [3.05, 3.63) is 75.5 Å². The largest absolute Gasteiger partial charge is 0.496 e. The Bertz CT molecular complexity index is 1750. The molecule has 12 nitrogen and oxygen atoms in total. The van der Waals surface area contributed by atoms with E-state index in [9.17, 15) is 14.4 Å². The van der Waals surface area contributed by atoms with Crippen molar-refractivity contribution in [1.29, 1.82) is 0 Å². The number of nitrogens with one attached hydrogen (secondary N) is 1. The highest BCUT2D eigenvalue weighted by Crippen LogP contribution is 2.51. The Morgan fingerprint density at radius 2 is 1.45 bits per heavy atom. The van der Waals surface area contributed by atoms with Crippen LogP contribution in [0.15, 0.2) is 42.1 Å². The number of carbonyl (C=O) groups is 3. The van der Waals surface area contributed by atoms with E-state index in [2.05, 4.69) is 5.32 Å². The number of piperazine rings is 1. The van der Waals surface area contributed by atoms with E-state index in [1.54, 1.807) is 43.3 Å². The first-order chi connectivity index (χ1) is 22.6. The highest BCUT2D eigenvalue weighted by atomic mass is 16.5. The van der Waals surface area contributed by atoms with E-state index in [4.69, 9.17) is 33.2 Å². The fraction of sp³-hybridized carbons (Fsp3) is 0.343. The monoisotopic (exact) mass is 646 g/mol. The lowest BCUT2D eigenvalue weighted by Crippen LogP contribution is -2.61. The number of rotatable bonds is 10. The third kappa shape index (κ3) is 5.64. The molecular weight excluding hydrogens is 608 g/mol. The van der Waals surface area contributed by atoms with Crippen LogP contribution < -0.4 is 33.7 Å². The van der Waals surface area contributed by atoms with Crippen LogP contribution in [0.3, 0.4) is 0 Å². The van der Waals surface area contributed by atoms with Gasteiger partial charge in [-0.2, -0.15) is 0 Å². The topological polar surface area (TPSA) is 131 Å². The maximum absolute atomic E-state index is 14.5. The van der Waals surface area contributed by atoms with Crippen molar-refractivity contribution in [2.75, 3.05) is 49.3 Å². The molecule has 0 unspecified atom stereocenters. The number of carbonyl (C=O) groups excluding carboxylic acids is 3. The van der Waals surface area contributed by atoms with Crippen LogP contribution in [0.4, 0.5) is 0 Å². The summed E-state index contributed by atoms with van der Waals surface area (Å²) in [5.41, 5.74) is 3.28. The molecule has 2 aliphatic heterocycles. The number of nitrogens with zero attached hydrogens (tertiary/aromatic N) is 1. The second-order valence-corrected chi connectivity index (χ2v) is 10.9. The van der Waals surface area contributed by atoms with E-state index >= 15 is 0 Å². The lowest BCUT2D eigenvalue weighted by atomic mass is 9.83. The Morgan fingerprint density at radius 1 is 0.830 bits per heavy atom. The summed E-state index contributed by atoms with van der Waals surface area (Å²) in [6, 6.07) is 8.27. The summed E-state index contributed by atoms with van der Waals surface area (Å²) in [6.07, 6.45) is 1.65. The van der Waals surface area contributed by atoms with E-state index in [-0.39, 0.29) is 18.7 Å². The standard InChI is InChI=1S/C35H38N2O10/c1-18-28(42-4)21(15-26(41-3)30(18)44-6)14-23-34(39)37-24(33(38)36-23)16-22-27(32(46-8)31(45-7)19(2)29(22)43-5)25(37)17-47-35(40)20-12-10-9-11-13-20/h9-15,24-25H,16-17H2,1-8H3,(H,36,38)/b23-14+/t24-,25+/m0/s1.